The van der Waals surface area contributed by atoms with Crippen molar-refractivity contribution in [1.82, 2.24) is 10.2 Å². The predicted octanol–water partition coefficient (Wildman–Crippen LogP) is 3.35. The van der Waals surface area contributed by atoms with Crippen LogP contribution >= 0.6 is 11.3 Å². The third kappa shape index (κ3) is 5.25. The van der Waals surface area contributed by atoms with Crippen molar-refractivity contribution in [3.8, 4) is 11.5 Å². The van der Waals surface area contributed by atoms with Gasteiger partial charge in [-0.1, -0.05) is 6.07 Å². The van der Waals surface area contributed by atoms with E-state index in [0.717, 1.165) is 26.3 Å². The Kier molecular flexibility index (Phi) is 7.71. The Labute approximate surface area is 170 Å². The van der Waals surface area contributed by atoms with Crippen LogP contribution in [0.25, 0.3) is 0 Å². The quantitative estimate of drug-likeness (QED) is 0.695. The molecule has 1 aromatic heterocycles. The van der Waals surface area contributed by atoms with Crippen molar-refractivity contribution < 1.29 is 19.0 Å². The molecule has 2 aromatic rings. The molecule has 0 aliphatic carbocycles. The van der Waals surface area contributed by atoms with Crippen LogP contribution in [0.3, 0.4) is 0 Å². The first-order valence-corrected chi connectivity index (χ1v) is 10.6. The SMILES string of the molecule is CCOc1ccc(C(=O)NCC(c2cccs2)N2CCOCC2)cc1OCC. The molecule has 1 aliphatic heterocycles. The summed E-state index contributed by atoms with van der Waals surface area (Å²) in [6.07, 6.45) is 0. The minimum Gasteiger partial charge on any atom is -0.490 e. The zero-order valence-corrected chi connectivity index (χ0v) is 17.3. The van der Waals surface area contributed by atoms with Crippen LogP contribution in [-0.4, -0.2) is 56.9 Å². The Morgan fingerprint density at radius 2 is 1.93 bits per heavy atom. The molecule has 2 heterocycles. The van der Waals surface area contributed by atoms with Crippen molar-refractivity contribution in [3.05, 3.63) is 46.2 Å². The van der Waals surface area contributed by atoms with E-state index in [2.05, 4.69) is 27.7 Å². The summed E-state index contributed by atoms with van der Waals surface area (Å²) >= 11 is 1.72. The van der Waals surface area contributed by atoms with Gasteiger partial charge in [0.2, 0.25) is 0 Å². The highest BCUT2D eigenvalue weighted by atomic mass is 32.1. The largest absolute Gasteiger partial charge is 0.490 e. The molecule has 1 saturated heterocycles. The van der Waals surface area contributed by atoms with Gasteiger partial charge in [0, 0.05) is 30.1 Å². The monoisotopic (exact) mass is 404 g/mol. The molecule has 28 heavy (non-hydrogen) atoms. The van der Waals surface area contributed by atoms with Gasteiger partial charge in [-0.15, -0.1) is 11.3 Å². The Balaban J connectivity index is 1.69. The average molecular weight is 405 g/mol. The standard InChI is InChI=1S/C21H28N2O4S/c1-3-26-18-8-7-16(14-19(18)27-4-2)21(24)22-15-17(20-6-5-13-28-20)23-9-11-25-12-10-23/h5-8,13-14,17H,3-4,9-12,15H2,1-2H3,(H,22,24). The number of amides is 1. The second-order valence-electron chi connectivity index (χ2n) is 6.42. The maximum atomic E-state index is 12.8. The molecule has 0 saturated carbocycles. The highest BCUT2D eigenvalue weighted by Gasteiger charge is 2.24. The molecule has 0 radical (unpaired) electrons. The fourth-order valence-corrected chi connectivity index (χ4v) is 4.12. The summed E-state index contributed by atoms with van der Waals surface area (Å²) in [7, 11) is 0. The third-order valence-corrected chi connectivity index (χ3v) is 5.59. The van der Waals surface area contributed by atoms with Crippen LogP contribution in [0, 0.1) is 0 Å². The second kappa shape index (κ2) is 10.5. The van der Waals surface area contributed by atoms with Crippen molar-refractivity contribution in [2.24, 2.45) is 0 Å². The van der Waals surface area contributed by atoms with Crippen molar-refractivity contribution in [1.29, 1.82) is 0 Å². The summed E-state index contributed by atoms with van der Waals surface area (Å²) in [5.74, 6) is 1.14. The number of rotatable bonds is 9. The van der Waals surface area contributed by atoms with Crippen LogP contribution in [0.4, 0.5) is 0 Å². The normalized spacial score (nSPS) is 15.8. The minimum absolute atomic E-state index is 0.112. The first-order chi connectivity index (χ1) is 13.7. The molecule has 0 spiro atoms. The summed E-state index contributed by atoms with van der Waals surface area (Å²) in [4.78, 5) is 16.4. The van der Waals surface area contributed by atoms with Crippen molar-refractivity contribution >= 4 is 17.2 Å². The Hall–Kier alpha value is -2.09. The summed E-state index contributed by atoms with van der Waals surface area (Å²) < 4.78 is 16.7. The summed E-state index contributed by atoms with van der Waals surface area (Å²) in [6.45, 7) is 8.65. The van der Waals surface area contributed by atoms with E-state index < -0.39 is 0 Å². The van der Waals surface area contributed by atoms with E-state index in [0.29, 0.717) is 36.8 Å². The molecule has 1 amide bonds. The predicted molar refractivity (Wildman–Crippen MR) is 111 cm³/mol. The van der Waals surface area contributed by atoms with Gasteiger partial charge in [0.05, 0.1) is 32.5 Å². The van der Waals surface area contributed by atoms with Gasteiger partial charge in [-0.3, -0.25) is 9.69 Å². The van der Waals surface area contributed by atoms with Gasteiger partial charge in [-0.2, -0.15) is 0 Å². The van der Waals surface area contributed by atoms with Crippen LogP contribution < -0.4 is 14.8 Å². The van der Waals surface area contributed by atoms with Gasteiger partial charge in [0.15, 0.2) is 11.5 Å². The van der Waals surface area contributed by atoms with E-state index in [9.17, 15) is 4.79 Å². The number of benzene rings is 1. The number of hydrogen-bond acceptors (Lipinski definition) is 6. The minimum atomic E-state index is -0.112. The van der Waals surface area contributed by atoms with Gasteiger partial charge in [-0.05, 0) is 43.5 Å². The van der Waals surface area contributed by atoms with Gasteiger partial charge < -0.3 is 19.5 Å². The lowest BCUT2D eigenvalue weighted by Crippen LogP contribution is -2.43. The van der Waals surface area contributed by atoms with Crippen molar-refractivity contribution in [3.63, 3.8) is 0 Å². The molecule has 1 atom stereocenters. The van der Waals surface area contributed by atoms with E-state index in [4.69, 9.17) is 14.2 Å². The van der Waals surface area contributed by atoms with Crippen molar-refractivity contribution in [2.45, 2.75) is 19.9 Å². The van der Waals surface area contributed by atoms with Crippen LogP contribution in [0.2, 0.25) is 0 Å². The molecule has 1 aliphatic rings. The fraction of sp³-hybridized carbons (Fsp3) is 0.476. The molecule has 152 valence electrons. The Morgan fingerprint density at radius 1 is 1.18 bits per heavy atom. The van der Waals surface area contributed by atoms with E-state index in [1.54, 1.807) is 29.5 Å². The van der Waals surface area contributed by atoms with Gasteiger partial charge in [0.25, 0.3) is 5.91 Å². The maximum absolute atomic E-state index is 12.8. The summed E-state index contributed by atoms with van der Waals surface area (Å²) in [6, 6.07) is 9.65. The number of nitrogens with zero attached hydrogens (tertiary/aromatic N) is 1. The zero-order valence-electron chi connectivity index (χ0n) is 16.5. The number of thiophene rings is 1. The number of morpholine rings is 1. The molecule has 1 aromatic carbocycles. The number of hydrogen-bond donors (Lipinski definition) is 1. The molecule has 1 unspecified atom stereocenters. The van der Waals surface area contributed by atoms with Crippen LogP contribution in [0.1, 0.15) is 35.1 Å². The van der Waals surface area contributed by atoms with Gasteiger partial charge in [0.1, 0.15) is 0 Å². The lowest BCUT2D eigenvalue weighted by Gasteiger charge is -2.34. The topological polar surface area (TPSA) is 60.0 Å². The van der Waals surface area contributed by atoms with E-state index >= 15 is 0 Å². The molecule has 7 heteroatoms. The number of nitrogens with one attached hydrogen (secondary N) is 1. The highest BCUT2D eigenvalue weighted by Crippen LogP contribution is 2.29. The molecule has 1 N–H and O–H groups in total. The van der Waals surface area contributed by atoms with E-state index in [1.165, 1.54) is 4.88 Å². The smallest absolute Gasteiger partial charge is 0.251 e. The number of carbonyl (C=O) groups excluding carboxylic acids is 1. The lowest BCUT2D eigenvalue weighted by molar-refractivity contribution is 0.0169. The fourth-order valence-electron chi connectivity index (χ4n) is 3.26. The first-order valence-electron chi connectivity index (χ1n) is 9.76. The van der Waals surface area contributed by atoms with Crippen LogP contribution in [0.5, 0.6) is 11.5 Å². The summed E-state index contributed by atoms with van der Waals surface area (Å²) in [5, 5.41) is 5.17. The van der Waals surface area contributed by atoms with Crippen LogP contribution in [0.15, 0.2) is 35.7 Å². The number of ether oxygens (including phenoxy) is 3. The van der Waals surface area contributed by atoms with E-state index in [1.807, 2.05) is 13.8 Å². The molecule has 1 fully saturated rings. The second-order valence-corrected chi connectivity index (χ2v) is 7.40. The van der Waals surface area contributed by atoms with Crippen molar-refractivity contribution in [2.75, 3.05) is 46.1 Å². The van der Waals surface area contributed by atoms with E-state index in [-0.39, 0.29) is 11.9 Å². The summed E-state index contributed by atoms with van der Waals surface area (Å²) in [5.41, 5.74) is 0.568. The molecular formula is C21H28N2O4S. The highest BCUT2D eigenvalue weighted by molar-refractivity contribution is 7.10. The maximum Gasteiger partial charge on any atom is 0.251 e. The first kappa shape index (κ1) is 20.6. The Morgan fingerprint density at radius 3 is 2.61 bits per heavy atom. The molecular weight excluding hydrogens is 376 g/mol. The third-order valence-electron chi connectivity index (χ3n) is 4.62. The number of carbonyl (C=O) groups is 1. The van der Waals surface area contributed by atoms with Gasteiger partial charge >= 0.3 is 0 Å². The van der Waals surface area contributed by atoms with Gasteiger partial charge in [-0.25, -0.2) is 0 Å². The average Bonchev–Trinajstić information content (AvgIpc) is 3.25. The molecule has 3 rings (SSSR count). The zero-order chi connectivity index (χ0) is 19.8. The molecule has 6 nitrogen and oxygen atoms in total. The lowest BCUT2D eigenvalue weighted by atomic mass is 10.1. The molecule has 0 bridgehead atoms. The van der Waals surface area contributed by atoms with Crippen LogP contribution in [-0.2, 0) is 4.74 Å². The Bertz CT molecular complexity index is 745.